The molecule has 2 aromatic carbocycles. The van der Waals surface area contributed by atoms with Crippen molar-refractivity contribution in [1.82, 2.24) is 14.9 Å². The summed E-state index contributed by atoms with van der Waals surface area (Å²) in [5, 5.41) is 19.9. The van der Waals surface area contributed by atoms with Crippen LogP contribution in [-0.4, -0.2) is 61.3 Å². The number of imidazole rings is 1. The molecule has 6 nitrogen and oxygen atoms in total. The van der Waals surface area contributed by atoms with Gasteiger partial charge in [-0.2, -0.15) is 0 Å². The molecule has 2 unspecified atom stereocenters. The second-order valence-corrected chi connectivity index (χ2v) is 10.8. The van der Waals surface area contributed by atoms with Crippen LogP contribution in [0.25, 0.3) is 11.0 Å². The first-order valence-electron chi connectivity index (χ1n) is 10.1. The van der Waals surface area contributed by atoms with E-state index < -0.39 is 39.0 Å². The number of amidine groups is 1. The van der Waals surface area contributed by atoms with Gasteiger partial charge >= 0.3 is 195 Å². The van der Waals surface area contributed by atoms with Gasteiger partial charge in [0.1, 0.15) is 0 Å². The summed E-state index contributed by atoms with van der Waals surface area (Å²) in [7, 11) is 2.10. The molecule has 0 spiro atoms. The molecule has 11 heteroatoms. The van der Waals surface area contributed by atoms with E-state index in [-0.39, 0.29) is 27.3 Å². The van der Waals surface area contributed by atoms with Crippen molar-refractivity contribution in [3.63, 3.8) is 0 Å². The number of benzene rings is 2. The molecule has 0 bridgehead atoms. The summed E-state index contributed by atoms with van der Waals surface area (Å²) in [5.74, 6) is -3.49. The number of nitrogens with one attached hydrogen (secondary N) is 2. The molecule has 1 aliphatic heterocycles. The van der Waals surface area contributed by atoms with Gasteiger partial charge in [0.25, 0.3) is 0 Å². The van der Waals surface area contributed by atoms with Crippen LogP contribution in [-0.2, 0) is 0 Å². The molecule has 3 aromatic rings. The van der Waals surface area contributed by atoms with Crippen molar-refractivity contribution in [3.8, 4) is 0 Å². The number of hydrogen-bond donors (Lipinski definition) is 3. The molecule has 2 atom stereocenters. The Hall–Kier alpha value is -2.06. The molecule has 1 aromatic heterocycles. The molecule has 0 saturated carbocycles. The predicted octanol–water partition coefficient (Wildman–Crippen LogP) is 3.82. The van der Waals surface area contributed by atoms with Crippen LogP contribution >= 0.6 is 11.6 Å². The molecule has 1 fully saturated rings. The van der Waals surface area contributed by atoms with E-state index in [2.05, 4.69) is 21.9 Å². The monoisotopic (exact) mass is 527 g/mol. The van der Waals surface area contributed by atoms with Crippen molar-refractivity contribution in [2.24, 2.45) is 0 Å². The maximum atomic E-state index is 14.5. The number of piperidine rings is 1. The topological polar surface area (TPSA) is 79.2 Å². The van der Waals surface area contributed by atoms with Crippen molar-refractivity contribution in [2.45, 2.75) is 30.5 Å². The number of fused-ring (bicyclic) bond motifs is 1. The number of aromatic nitrogens is 2. The van der Waals surface area contributed by atoms with Gasteiger partial charge in [0, 0.05) is 0 Å². The average molecular weight is 528 g/mol. The van der Waals surface area contributed by atoms with E-state index in [1.54, 1.807) is 0 Å². The summed E-state index contributed by atoms with van der Waals surface area (Å²) in [4.78, 5) is 9.66. The van der Waals surface area contributed by atoms with Gasteiger partial charge in [-0.3, -0.25) is 0 Å². The van der Waals surface area contributed by atoms with E-state index in [1.165, 1.54) is 18.9 Å². The van der Waals surface area contributed by atoms with Crippen molar-refractivity contribution in [1.29, 1.82) is 5.41 Å². The number of rotatable bonds is 5. The van der Waals surface area contributed by atoms with Crippen LogP contribution in [0.15, 0.2) is 24.3 Å². The summed E-state index contributed by atoms with van der Waals surface area (Å²) >= 11 is 5.00. The first-order chi connectivity index (χ1) is 15.3. The van der Waals surface area contributed by atoms with Gasteiger partial charge in [-0.05, 0) is 0 Å². The Labute approximate surface area is 194 Å². The van der Waals surface area contributed by atoms with Crippen molar-refractivity contribution < 1.29 is 18.4 Å². The van der Waals surface area contributed by atoms with Gasteiger partial charge in [0.15, 0.2) is 0 Å². The Kier molecular flexibility index (Phi) is 6.81. The molecule has 4 rings (SSSR count). The van der Waals surface area contributed by atoms with E-state index in [1.807, 2.05) is 0 Å². The van der Waals surface area contributed by atoms with Gasteiger partial charge in [-0.15, -0.1) is 0 Å². The number of anilines is 1. The molecule has 0 radical (unpaired) electrons. The fraction of sp³-hybridized carbons (Fsp3) is 0.333. The van der Waals surface area contributed by atoms with Crippen LogP contribution in [0.3, 0.4) is 0 Å². The molecule has 32 heavy (non-hydrogen) atoms. The SMILES string of the molecule is CN1CCCCC1C[AsH]c1nc2c(F)c(F)cc(C(=N)N(O)c3ccc(F)c(Cl)c3)c2[nH]1. The van der Waals surface area contributed by atoms with E-state index >= 15 is 0 Å². The molecule has 170 valence electrons. The average Bonchev–Trinajstić information content (AvgIpc) is 3.21. The van der Waals surface area contributed by atoms with Gasteiger partial charge in [0.05, 0.1) is 0 Å². The van der Waals surface area contributed by atoms with Crippen molar-refractivity contribution >= 4 is 54.5 Å². The number of H-pyrrole nitrogens is 1. The van der Waals surface area contributed by atoms with Crippen LogP contribution in [0.1, 0.15) is 24.8 Å². The zero-order valence-corrected chi connectivity index (χ0v) is 20.1. The molecular weight excluding hydrogens is 506 g/mol. The Balaban J connectivity index is 1.64. The zero-order valence-electron chi connectivity index (χ0n) is 17.2. The summed E-state index contributed by atoms with van der Waals surface area (Å²) in [5.41, 5.74) is -0.127. The Morgan fingerprint density at radius 1 is 1.31 bits per heavy atom. The standard InChI is InChI=1S/C21H22AsClF3N5O/c1-30-7-3-2-4-12(30)10-22-21-28-18-13(9-16(25)17(26)19(18)29-21)20(27)31(32)11-5-6-15(24)14(23)8-11/h5-6,8-9,12,22,27,32H,2-4,7,10H2,1H3,(H,28,29). The normalized spacial score (nSPS) is 17.5. The minimum atomic E-state index is -1.17. The number of hydrogen-bond acceptors (Lipinski definition) is 4. The number of likely N-dealkylation sites (tertiary alicyclic amines) is 1. The molecule has 3 N–H and O–H groups in total. The first kappa shape index (κ1) is 23.1. The molecule has 0 aliphatic carbocycles. The van der Waals surface area contributed by atoms with E-state index in [0.29, 0.717) is 15.7 Å². The van der Waals surface area contributed by atoms with Crippen LogP contribution < -0.4 is 9.68 Å². The molecule has 0 amide bonds. The van der Waals surface area contributed by atoms with Gasteiger partial charge in [-0.25, -0.2) is 0 Å². The Morgan fingerprint density at radius 2 is 2.09 bits per heavy atom. The van der Waals surface area contributed by atoms with Crippen LogP contribution in [0, 0.1) is 22.9 Å². The summed E-state index contributed by atoms with van der Waals surface area (Å²) in [6, 6.07) is 4.68. The third kappa shape index (κ3) is 4.52. The molecular formula is C21H22AsClF3N5O. The molecule has 2 heterocycles. The first-order valence-corrected chi connectivity index (χ1v) is 13.0. The van der Waals surface area contributed by atoms with E-state index in [0.717, 1.165) is 36.4 Å². The van der Waals surface area contributed by atoms with E-state index in [9.17, 15) is 18.4 Å². The van der Waals surface area contributed by atoms with Crippen molar-refractivity contribution in [2.75, 3.05) is 18.7 Å². The maximum absolute atomic E-state index is 14.5. The number of aromatic amines is 1. The number of nitrogens with zero attached hydrogens (tertiary/aromatic N) is 3. The summed E-state index contributed by atoms with van der Waals surface area (Å²) < 4.78 is 42.8. The third-order valence-electron chi connectivity index (χ3n) is 5.70. The van der Waals surface area contributed by atoms with Crippen LogP contribution in [0.2, 0.25) is 10.2 Å². The van der Waals surface area contributed by atoms with Crippen LogP contribution in [0.5, 0.6) is 0 Å². The second-order valence-electron chi connectivity index (χ2n) is 7.80. The van der Waals surface area contributed by atoms with E-state index in [4.69, 9.17) is 17.0 Å². The molecule has 1 saturated heterocycles. The van der Waals surface area contributed by atoms with Crippen LogP contribution in [0.4, 0.5) is 18.9 Å². The van der Waals surface area contributed by atoms with Gasteiger partial charge in [0.2, 0.25) is 0 Å². The Bertz CT molecular complexity index is 1170. The quantitative estimate of drug-likeness (QED) is 0.204. The summed E-state index contributed by atoms with van der Waals surface area (Å²) in [6.07, 6.45) is 3.48. The zero-order chi connectivity index (χ0) is 23.0. The number of hydroxylamine groups is 1. The van der Waals surface area contributed by atoms with Gasteiger partial charge < -0.3 is 0 Å². The fourth-order valence-electron chi connectivity index (χ4n) is 3.85. The van der Waals surface area contributed by atoms with Crippen molar-refractivity contribution in [3.05, 3.63) is 52.3 Å². The summed E-state index contributed by atoms with van der Waals surface area (Å²) in [6.45, 7) is 1.05. The van der Waals surface area contributed by atoms with Gasteiger partial charge in [-0.1, -0.05) is 0 Å². The Morgan fingerprint density at radius 3 is 2.81 bits per heavy atom. The third-order valence-corrected chi connectivity index (χ3v) is 8.61. The minimum absolute atomic E-state index is 0.00722. The fourth-order valence-corrected chi connectivity index (χ4v) is 6.85. The second kappa shape index (κ2) is 9.43. The molecule has 1 aliphatic rings. The number of halogens is 4. The predicted molar refractivity (Wildman–Crippen MR) is 120 cm³/mol.